The van der Waals surface area contributed by atoms with Crippen molar-refractivity contribution < 1.29 is 18.1 Å². The maximum absolute atomic E-state index is 12.1. The number of carbonyl (C=O) groups excluding carboxylic acids is 1. The van der Waals surface area contributed by atoms with E-state index in [4.69, 9.17) is 13.3 Å². The van der Waals surface area contributed by atoms with Crippen LogP contribution in [0.2, 0.25) is 5.54 Å². The second-order valence-corrected chi connectivity index (χ2v) is 10.6. The van der Waals surface area contributed by atoms with Crippen LogP contribution in [0.5, 0.6) is 0 Å². The molecule has 0 aromatic heterocycles. The lowest BCUT2D eigenvalue weighted by Gasteiger charge is -2.35. The minimum atomic E-state index is -2.68. The highest BCUT2D eigenvalue weighted by Crippen LogP contribution is 2.34. The number of unbranched alkanes of at least 4 members (excludes halogenated alkanes) is 4. The van der Waals surface area contributed by atoms with E-state index in [1.165, 1.54) is 37.4 Å². The van der Waals surface area contributed by atoms with Crippen LogP contribution in [0.15, 0.2) is 0 Å². The number of thioether (sulfide) groups is 1. The van der Waals surface area contributed by atoms with Gasteiger partial charge >= 0.3 is 8.80 Å². The van der Waals surface area contributed by atoms with Crippen LogP contribution in [0.3, 0.4) is 0 Å². The summed E-state index contributed by atoms with van der Waals surface area (Å²) in [5.74, 6) is 0.834. The average molecular weight is 407 g/mol. The molecule has 0 heterocycles. The van der Waals surface area contributed by atoms with Crippen molar-refractivity contribution in [3.05, 3.63) is 0 Å². The van der Waals surface area contributed by atoms with E-state index in [1.807, 2.05) is 20.8 Å². The Labute approximate surface area is 167 Å². The van der Waals surface area contributed by atoms with Crippen LogP contribution in [0.25, 0.3) is 0 Å². The molecule has 0 bridgehead atoms. The van der Waals surface area contributed by atoms with Gasteiger partial charge in [0.15, 0.2) is 5.12 Å². The van der Waals surface area contributed by atoms with Crippen LogP contribution >= 0.6 is 11.8 Å². The van der Waals surface area contributed by atoms with E-state index < -0.39 is 8.80 Å². The summed E-state index contributed by atoms with van der Waals surface area (Å²) in [5, 5.41) is 0.327. The van der Waals surface area contributed by atoms with Crippen LogP contribution in [-0.2, 0) is 18.1 Å². The van der Waals surface area contributed by atoms with Gasteiger partial charge in [-0.15, -0.1) is 0 Å². The lowest BCUT2D eigenvalue weighted by atomic mass is 10.1. The minimum absolute atomic E-state index is 0.275. The first-order chi connectivity index (χ1) is 12.6. The largest absolute Gasteiger partial charge is 0.504 e. The molecule has 1 atom stereocenters. The first kappa shape index (κ1) is 26.1. The zero-order valence-corrected chi connectivity index (χ0v) is 19.6. The molecule has 0 aromatic carbocycles. The van der Waals surface area contributed by atoms with Gasteiger partial charge in [-0.1, -0.05) is 57.7 Å². The molecular weight excluding hydrogens is 364 g/mol. The molecule has 26 heavy (non-hydrogen) atoms. The molecule has 156 valence electrons. The quantitative estimate of drug-likeness (QED) is 0.200. The molecule has 1 unspecified atom stereocenters. The molecule has 0 aliphatic carbocycles. The van der Waals surface area contributed by atoms with Crippen molar-refractivity contribution in [2.75, 3.05) is 25.6 Å². The van der Waals surface area contributed by atoms with Gasteiger partial charge in [-0.3, -0.25) is 4.79 Å². The van der Waals surface area contributed by atoms with Gasteiger partial charge in [0, 0.05) is 37.5 Å². The summed E-state index contributed by atoms with van der Waals surface area (Å²) < 4.78 is 18.3. The first-order valence-corrected chi connectivity index (χ1v) is 13.5. The Kier molecular flexibility index (Phi) is 17.3. The van der Waals surface area contributed by atoms with Crippen LogP contribution < -0.4 is 0 Å². The van der Waals surface area contributed by atoms with Crippen molar-refractivity contribution in [1.82, 2.24) is 0 Å². The fraction of sp³-hybridized carbons (Fsp3) is 0.950. The van der Waals surface area contributed by atoms with Crippen molar-refractivity contribution in [2.24, 2.45) is 0 Å². The Morgan fingerprint density at radius 3 is 1.88 bits per heavy atom. The minimum Gasteiger partial charge on any atom is -0.374 e. The van der Waals surface area contributed by atoms with Gasteiger partial charge in [-0.25, -0.2) is 0 Å². The zero-order chi connectivity index (χ0) is 19.7. The lowest BCUT2D eigenvalue weighted by Crippen LogP contribution is -2.50. The molecule has 0 radical (unpaired) electrons. The molecule has 0 rings (SSSR count). The standard InChI is InChI=1S/C20H42O4SSi/c1-6-11-12-13-14-16-20(21)25-18-17-19(15-7-2)26(22-8-3,23-9-4)24-10-5/h19H,6-18H2,1-5H3. The molecule has 0 spiro atoms. The van der Waals surface area contributed by atoms with Gasteiger partial charge in [-0.2, -0.15) is 0 Å². The topological polar surface area (TPSA) is 44.8 Å². The summed E-state index contributed by atoms with van der Waals surface area (Å²) in [4.78, 5) is 12.1. The zero-order valence-electron chi connectivity index (χ0n) is 17.8. The van der Waals surface area contributed by atoms with Gasteiger partial charge in [0.2, 0.25) is 0 Å². The summed E-state index contributed by atoms with van der Waals surface area (Å²) >= 11 is 1.48. The molecule has 0 aromatic rings. The van der Waals surface area contributed by atoms with Crippen molar-refractivity contribution in [1.29, 1.82) is 0 Å². The Balaban J connectivity index is 4.51. The second kappa shape index (κ2) is 17.2. The molecule has 4 nitrogen and oxygen atoms in total. The summed E-state index contributed by atoms with van der Waals surface area (Å²) in [6.45, 7) is 12.2. The Bertz CT molecular complexity index is 325. The molecule has 0 fully saturated rings. The van der Waals surface area contributed by atoms with Gasteiger partial charge in [0.1, 0.15) is 0 Å². The smallest absolute Gasteiger partial charge is 0.374 e. The van der Waals surface area contributed by atoms with Crippen molar-refractivity contribution in [2.45, 2.75) is 97.9 Å². The van der Waals surface area contributed by atoms with E-state index in [-0.39, 0.29) is 5.54 Å². The monoisotopic (exact) mass is 406 g/mol. The number of hydrogen-bond donors (Lipinski definition) is 0. The molecule has 6 heteroatoms. The predicted molar refractivity (Wildman–Crippen MR) is 115 cm³/mol. The molecule has 0 aliphatic rings. The van der Waals surface area contributed by atoms with E-state index >= 15 is 0 Å². The van der Waals surface area contributed by atoms with Gasteiger partial charge in [-0.05, 0) is 40.0 Å². The van der Waals surface area contributed by atoms with E-state index in [0.717, 1.165) is 31.4 Å². The lowest BCUT2D eigenvalue weighted by molar-refractivity contribution is -0.111. The summed E-state index contributed by atoms with van der Waals surface area (Å²) in [5.41, 5.74) is 0.275. The Hall–Kier alpha value is 0.117. The highest BCUT2D eigenvalue weighted by molar-refractivity contribution is 8.13. The summed E-state index contributed by atoms with van der Waals surface area (Å²) in [6, 6.07) is 0. The number of carbonyl (C=O) groups is 1. The third-order valence-electron chi connectivity index (χ3n) is 4.39. The molecule has 0 aliphatic heterocycles. The van der Waals surface area contributed by atoms with E-state index in [2.05, 4.69) is 13.8 Å². The van der Waals surface area contributed by atoms with Gasteiger partial charge < -0.3 is 13.3 Å². The number of hydrogen-bond acceptors (Lipinski definition) is 5. The predicted octanol–water partition coefficient (Wildman–Crippen LogP) is 6.22. The Morgan fingerprint density at radius 2 is 1.38 bits per heavy atom. The molecule has 0 saturated carbocycles. The highest BCUT2D eigenvalue weighted by atomic mass is 32.2. The Morgan fingerprint density at radius 1 is 0.808 bits per heavy atom. The third-order valence-corrected chi connectivity index (χ3v) is 9.00. The van der Waals surface area contributed by atoms with Crippen molar-refractivity contribution in [3.8, 4) is 0 Å². The molecule has 0 saturated heterocycles. The summed E-state index contributed by atoms with van der Waals surface area (Å²) in [7, 11) is -2.68. The number of rotatable bonds is 18. The van der Waals surface area contributed by atoms with Gasteiger partial charge in [0.05, 0.1) is 0 Å². The average Bonchev–Trinajstić information content (AvgIpc) is 2.61. The maximum Gasteiger partial charge on any atom is 0.504 e. The van der Waals surface area contributed by atoms with Crippen molar-refractivity contribution >= 4 is 25.7 Å². The summed E-state index contributed by atoms with van der Waals surface area (Å²) in [6.07, 6.45) is 9.70. The molecular formula is C20H42O4SSi. The van der Waals surface area contributed by atoms with E-state index in [1.54, 1.807) is 0 Å². The highest BCUT2D eigenvalue weighted by Gasteiger charge is 2.48. The van der Waals surface area contributed by atoms with E-state index in [9.17, 15) is 4.79 Å². The fourth-order valence-electron chi connectivity index (χ4n) is 3.19. The third kappa shape index (κ3) is 11.1. The first-order valence-electron chi connectivity index (χ1n) is 10.7. The van der Waals surface area contributed by atoms with Crippen LogP contribution in [0, 0.1) is 0 Å². The van der Waals surface area contributed by atoms with Gasteiger partial charge in [0.25, 0.3) is 0 Å². The van der Waals surface area contributed by atoms with E-state index in [0.29, 0.717) is 31.4 Å². The SMILES string of the molecule is CCCCCCCC(=O)SCCC(CCC)[Si](OCC)(OCC)OCC. The second-order valence-electron chi connectivity index (χ2n) is 6.56. The van der Waals surface area contributed by atoms with Crippen molar-refractivity contribution in [3.63, 3.8) is 0 Å². The maximum atomic E-state index is 12.1. The van der Waals surface area contributed by atoms with Crippen LogP contribution in [0.1, 0.15) is 92.4 Å². The fourth-order valence-corrected chi connectivity index (χ4v) is 7.62. The van der Waals surface area contributed by atoms with Crippen LogP contribution in [0.4, 0.5) is 0 Å². The normalized spacial score (nSPS) is 13.1. The van der Waals surface area contributed by atoms with Crippen LogP contribution in [-0.4, -0.2) is 39.5 Å². The molecule has 0 N–H and O–H groups in total. The molecule has 0 amide bonds.